The Morgan fingerprint density at radius 3 is 2.88 bits per heavy atom. The highest BCUT2D eigenvalue weighted by molar-refractivity contribution is 7.99. The summed E-state index contributed by atoms with van der Waals surface area (Å²) in [5.74, 6) is 1.54. The van der Waals surface area contributed by atoms with Crippen molar-refractivity contribution in [1.29, 1.82) is 0 Å². The van der Waals surface area contributed by atoms with Gasteiger partial charge in [-0.05, 0) is 7.05 Å². The predicted octanol–water partition coefficient (Wildman–Crippen LogP) is -1.64. The fourth-order valence-corrected chi connectivity index (χ4v) is 2.78. The van der Waals surface area contributed by atoms with Crippen LogP contribution in [0.2, 0.25) is 0 Å². The van der Waals surface area contributed by atoms with E-state index in [1.807, 2.05) is 0 Å². The molecule has 1 aliphatic rings. The first-order valence-corrected chi connectivity index (χ1v) is 7.86. The summed E-state index contributed by atoms with van der Waals surface area (Å²) in [6.07, 6.45) is 0. The molecule has 0 aliphatic carbocycles. The molecule has 1 aliphatic heterocycles. The molecule has 1 heterocycles. The predicted molar refractivity (Wildman–Crippen MR) is 65.0 cm³/mol. The van der Waals surface area contributed by atoms with Crippen molar-refractivity contribution >= 4 is 27.7 Å². The Morgan fingerprint density at radius 2 is 2.31 bits per heavy atom. The van der Waals surface area contributed by atoms with E-state index in [4.69, 9.17) is 0 Å². The van der Waals surface area contributed by atoms with Gasteiger partial charge >= 0.3 is 0 Å². The molecule has 1 amide bonds. The van der Waals surface area contributed by atoms with Crippen molar-refractivity contribution < 1.29 is 13.2 Å². The van der Waals surface area contributed by atoms with E-state index < -0.39 is 10.0 Å². The van der Waals surface area contributed by atoms with E-state index in [2.05, 4.69) is 15.4 Å². The highest BCUT2D eigenvalue weighted by atomic mass is 32.2. The Kier molecular flexibility index (Phi) is 5.53. The molecule has 16 heavy (non-hydrogen) atoms. The van der Waals surface area contributed by atoms with Crippen molar-refractivity contribution in [3.05, 3.63) is 0 Å². The number of nitrogens with one attached hydrogen (secondary N) is 3. The summed E-state index contributed by atoms with van der Waals surface area (Å²) in [5, 5.41) is 5.69. The van der Waals surface area contributed by atoms with Crippen LogP contribution >= 0.6 is 11.8 Å². The summed E-state index contributed by atoms with van der Waals surface area (Å²) >= 11 is 1.72. The number of thioether (sulfide) groups is 1. The van der Waals surface area contributed by atoms with Crippen LogP contribution < -0.4 is 15.4 Å². The van der Waals surface area contributed by atoms with Gasteiger partial charge in [0.1, 0.15) is 0 Å². The molecule has 0 aromatic rings. The maximum atomic E-state index is 11.6. The second-order valence-corrected chi connectivity index (χ2v) is 6.59. The van der Waals surface area contributed by atoms with E-state index in [9.17, 15) is 13.2 Å². The maximum absolute atomic E-state index is 11.6. The second kappa shape index (κ2) is 6.43. The lowest BCUT2D eigenvalue weighted by Crippen LogP contribution is -2.49. The molecular weight excluding hydrogens is 250 g/mol. The largest absolute Gasteiger partial charge is 0.354 e. The van der Waals surface area contributed by atoms with Crippen LogP contribution in [0.15, 0.2) is 0 Å². The van der Waals surface area contributed by atoms with E-state index in [0.717, 1.165) is 18.1 Å². The molecule has 1 fully saturated rings. The zero-order valence-corrected chi connectivity index (χ0v) is 10.8. The molecule has 1 saturated heterocycles. The minimum atomic E-state index is -3.24. The van der Waals surface area contributed by atoms with Crippen LogP contribution in [0.5, 0.6) is 0 Å². The molecular formula is C8H17N3O3S2. The fraction of sp³-hybridized carbons (Fsp3) is 0.875. The smallest absolute Gasteiger partial charge is 0.238 e. The van der Waals surface area contributed by atoms with Gasteiger partial charge in [0.2, 0.25) is 15.9 Å². The number of carbonyl (C=O) groups excluding carboxylic acids is 1. The number of rotatable bonds is 5. The van der Waals surface area contributed by atoms with E-state index >= 15 is 0 Å². The highest BCUT2D eigenvalue weighted by Crippen LogP contribution is 2.07. The molecule has 1 atom stereocenters. The lowest BCUT2D eigenvalue weighted by molar-refractivity contribution is -0.122. The summed E-state index contributed by atoms with van der Waals surface area (Å²) < 4.78 is 24.3. The lowest BCUT2D eigenvalue weighted by Gasteiger charge is -2.22. The molecule has 0 aromatic heterocycles. The van der Waals surface area contributed by atoms with Gasteiger partial charge in [-0.2, -0.15) is 11.8 Å². The molecule has 0 aromatic carbocycles. The van der Waals surface area contributed by atoms with Crippen LogP contribution in [0.1, 0.15) is 0 Å². The Bertz CT molecular complexity index is 325. The van der Waals surface area contributed by atoms with Gasteiger partial charge in [-0.15, -0.1) is 0 Å². The van der Waals surface area contributed by atoms with Gasteiger partial charge in [-0.1, -0.05) is 0 Å². The van der Waals surface area contributed by atoms with Crippen LogP contribution in [-0.2, 0) is 14.8 Å². The molecule has 3 N–H and O–H groups in total. The van der Waals surface area contributed by atoms with Gasteiger partial charge in [0.15, 0.2) is 0 Å². The Balaban J connectivity index is 2.24. The van der Waals surface area contributed by atoms with Gasteiger partial charge in [-0.25, -0.2) is 13.1 Å². The van der Waals surface area contributed by atoms with Crippen molar-refractivity contribution in [3.8, 4) is 0 Å². The van der Waals surface area contributed by atoms with E-state index in [1.165, 1.54) is 7.05 Å². The van der Waals surface area contributed by atoms with Gasteiger partial charge < -0.3 is 10.6 Å². The van der Waals surface area contributed by atoms with E-state index in [1.54, 1.807) is 11.8 Å². The van der Waals surface area contributed by atoms with Crippen molar-refractivity contribution in [2.45, 2.75) is 6.04 Å². The number of sulfonamides is 1. The zero-order chi connectivity index (χ0) is 12.0. The Hall–Kier alpha value is -0.310. The van der Waals surface area contributed by atoms with Gasteiger partial charge in [-0.3, -0.25) is 4.79 Å². The van der Waals surface area contributed by atoms with E-state index in [0.29, 0.717) is 0 Å². The molecule has 6 nitrogen and oxygen atoms in total. The molecule has 0 bridgehead atoms. The third kappa shape index (κ3) is 4.69. The first kappa shape index (κ1) is 13.8. The standard InChI is InChI=1S/C8H17N3O3S2/c1-9-16(13,14)5-3-11-8(12)7-6-15-4-2-10-7/h7,9-10H,2-6H2,1H3,(H,11,12). The fourth-order valence-electron chi connectivity index (χ4n) is 1.27. The third-order valence-electron chi connectivity index (χ3n) is 2.22. The molecule has 0 spiro atoms. The van der Waals surface area contributed by atoms with Crippen molar-refractivity contribution in [1.82, 2.24) is 15.4 Å². The number of carbonyl (C=O) groups is 1. The maximum Gasteiger partial charge on any atom is 0.238 e. The van der Waals surface area contributed by atoms with Gasteiger partial charge in [0.05, 0.1) is 11.8 Å². The quantitative estimate of drug-likeness (QED) is 0.556. The zero-order valence-electron chi connectivity index (χ0n) is 9.15. The topological polar surface area (TPSA) is 87.3 Å². The molecule has 1 unspecified atom stereocenters. The van der Waals surface area contributed by atoms with Crippen LogP contribution in [0.3, 0.4) is 0 Å². The lowest BCUT2D eigenvalue weighted by atomic mass is 10.3. The molecule has 0 saturated carbocycles. The Morgan fingerprint density at radius 1 is 1.56 bits per heavy atom. The van der Waals surface area contributed by atoms with Gasteiger partial charge in [0, 0.05) is 24.6 Å². The molecule has 94 valence electrons. The third-order valence-corrected chi connectivity index (χ3v) is 4.64. The number of amides is 1. The highest BCUT2D eigenvalue weighted by Gasteiger charge is 2.20. The summed E-state index contributed by atoms with van der Waals surface area (Å²) in [5.41, 5.74) is 0. The van der Waals surface area contributed by atoms with Crippen LogP contribution in [0.4, 0.5) is 0 Å². The summed E-state index contributed by atoms with van der Waals surface area (Å²) in [6.45, 7) is 0.961. The minimum absolute atomic E-state index is 0.0882. The SMILES string of the molecule is CNS(=O)(=O)CCNC(=O)C1CSCCN1. The van der Waals surface area contributed by atoms with Crippen molar-refractivity contribution in [2.75, 3.05) is 37.4 Å². The van der Waals surface area contributed by atoms with Crippen LogP contribution in [-0.4, -0.2) is 57.8 Å². The number of hydrogen-bond donors (Lipinski definition) is 3. The molecule has 1 rings (SSSR count). The minimum Gasteiger partial charge on any atom is -0.354 e. The summed E-state index contributed by atoms with van der Waals surface area (Å²) in [7, 11) is -1.88. The van der Waals surface area contributed by atoms with Crippen LogP contribution in [0.25, 0.3) is 0 Å². The van der Waals surface area contributed by atoms with E-state index in [-0.39, 0.29) is 24.2 Å². The average molecular weight is 267 g/mol. The number of hydrogen-bond acceptors (Lipinski definition) is 5. The van der Waals surface area contributed by atoms with Crippen molar-refractivity contribution in [2.24, 2.45) is 0 Å². The molecule has 8 heteroatoms. The molecule has 0 radical (unpaired) electrons. The first-order chi connectivity index (χ1) is 7.55. The monoisotopic (exact) mass is 267 g/mol. The first-order valence-electron chi connectivity index (χ1n) is 5.05. The van der Waals surface area contributed by atoms with Crippen molar-refractivity contribution in [3.63, 3.8) is 0 Å². The summed E-state index contributed by atoms with van der Waals surface area (Å²) in [4.78, 5) is 11.6. The normalized spacial score (nSPS) is 21.7. The average Bonchev–Trinajstić information content (AvgIpc) is 2.30. The summed E-state index contributed by atoms with van der Waals surface area (Å²) in [6, 6.07) is -0.198. The van der Waals surface area contributed by atoms with Crippen LogP contribution in [0, 0.1) is 0 Å². The second-order valence-electron chi connectivity index (χ2n) is 3.40. The van der Waals surface area contributed by atoms with Gasteiger partial charge in [0.25, 0.3) is 0 Å². The Labute approximate surface area is 100.0 Å².